The van der Waals surface area contributed by atoms with E-state index in [1.807, 2.05) is 5.10 Å². The monoisotopic (exact) mass is 307 g/mol. The first-order chi connectivity index (χ1) is 9.27. The summed E-state index contributed by atoms with van der Waals surface area (Å²) in [7, 11) is 0. The molecule has 20 heavy (non-hydrogen) atoms. The van der Waals surface area contributed by atoms with Gasteiger partial charge in [0.05, 0.1) is 5.69 Å². The zero-order chi connectivity index (χ0) is 14.9. The van der Waals surface area contributed by atoms with Gasteiger partial charge in [0.2, 0.25) is 0 Å². The Hall–Kier alpha value is -2.07. The summed E-state index contributed by atoms with van der Waals surface area (Å²) in [6.45, 7) is 0. The van der Waals surface area contributed by atoms with Gasteiger partial charge in [-0.05, 0) is 24.3 Å². The van der Waals surface area contributed by atoms with Crippen LogP contribution in [0.2, 0.25) is 0 Å². The Bertz CT molecular complexity index is 690. The van der Waals surface area contributed by atoms with Crippen molar-refractivity contribution in [2.75, 3.05) is 4.72 Å². The van der Waals surface area contributed by atoms with Gasteiger partial charge in [0, 0.05) is 11.8 Å². The van der Waals surface area contributed by atoms with Gasteiger partial charge in [-0.25, -0.2) is 8.89 Å². The van der Waals surface area contributed by atoms with E-state index in [0.717, 1.165) is 4.68 Å². The summed E-state index contributed by atoms with van der Waals surface area (Å²) in [5, 5.41) is 1.95. The predicted octanol–water partition coefficient (Wildman–Crippen LogP) is 1.73. The number of hydrogen-bond acceptors (Lipinski definition) is 2. The smallest absolute Gasteiger partial charge is 0.289 e. The molecule has 0 saturated heterocycles. The van der Waals surface area contributed by atoms with Gasteiger partial charge in [-0.1, -0.05) is 0 Å². The molecular formula is C10H8F3N3O3S. The SMILES string of the molecule is O=c1cc(C(F)(F)F)[nH]n1-c1ccc(NS(=O)O)cc1. The van der Waals surface area contributed by atoms with Crippen LogP contribution in [-0.2, 0) is 17.4 Å². The Morgan fingerprint density at radius 2 is 1.85 bits per heavy atom. The van der Waals surface area contributed by atoms with E-state index in [0.29, 0.717) is 6.07 Å². The fraction of sp³-hybridized carbons (Fsp3) is 0.100. The molecule has 6 nitrogen and oxygen atoms in total. The van der Waals surface area contributed by atoms with E-state index in [4.69, 9.17) is 4.55 Å². The third-order valence-electron chi connectivity index (χ3n) is 2.36. The molecule has 2 aromatic rings. The average Bonchev–Trinajstić information content (AvgIpc) is 2.71. The van der Waals surface area contributed by atoms with Crippen LogP contribution >= 0.6 is 0 Å². The summed E-state index contributed by atoms with van der Waals surface area (Å²) in [6, 6.07) is 5.81. The maximum Gasteiger partial charge on any atom is 0.432 e. The minimum Gasteiger partial charge on any atom is -0.289 e. The van der Waals surface area contributed by atoms with Crippen molar-refractivity contribution >= 4 is 17.0 Å². The van der Waals surface area contributed by atoms with E-state index in [1.165, 1.54) is 24.3 Å². The number of benzene rings is 1. The van der Waals surface area contributed by atoms with E-state index in [-0.39, 0.29) is 11.4 Å². The number of rotatable bonds is 3. The molecule has 0 bridgehead atoms. The third kappa shape index (κ3) is 3.08. The fourth-order valence-electron chi connectivity index (χ4n) is 1.51. The van der Waals surface area contributed by atoms with Crippen LogP contribution < -0.4 is 10.3 Å². The molecule has 0 radical (unpaired) electrons. The molecular weight excluding hydrogens is 299 g/mol. The lowest BCUT2D eigenvalue weighted by Gasteiger charge is -2.05. The van der Waals surface area contributed by atoms with Crippen LogP contribution in [-0.4, -0.2) is 18.5 Å². The summed E-state index contributed by atoms with van der Waals surface area (Å²) in [6.07, 6.45) is -4.64. The Balaban J connectivity index is 2.35. The molecule has 1 heterocycles. The zero-order valence-corrected chi connectivity index (χ0v) is 10.5. The maximum absolute atomic E-state index is 12.4. The molecule has 0 aliphatic carbocycles. The van der Waals surface area contributed by atoms with Crippen LogP contribution in [0.1, 0.15) is 5.69 Å². The first-order valence-corrected chi connectivity index (χ1v) is 6.25. The van der Waals surface area contributed by atoms with E-state index in [9.17, 15) is 22.2 Å². The van der Waals surface area contributed by atoms with E-state index >= 15 is 0 Å². The number of H-pyrrole nitrogens is 1. The molecule has 1 aromatic carbocycles. The topological polar surface area (TPSA) is 87.1 Å². The molecule has 0 aliphatic heterocycles. The van der Waals surface area contributed by atoms with Gasteiger partial charge in [0.25, 0.3) is 16.8 Å². The summed E-state index contributed by atoms with van der Waals surface area (Å²) in [5.41, 5.74) is -1.56. The first kappa shape index (κ1) is 14.3. The molecule has 0 saturated carbocycles. The number of nitrogens with zero attached hydrogens (tertiary/aromatic N) is 1. The summed E-state index contributed by atoms with van der Waals surface area (Å²) < 4.78 is 59.4. The second-order valence-electron chi connectivity index (χ2n) is 3.74. The minimum atomic E-state index is -4.64. The van der Waals surface area contributed by atoms with Crippen LogP contribution in [0, 0.1) is 0 Å². The first-order valence-electron chi connectivity index (χ1n) is 5.14. The number of anilines is 1. The van der Waals surface area contributed by atoms with E-state index in [2.05, 4.69) is 4.72 Å². The van der Waals surface area contributed by atoms with Crippen molar-refractivity contribution in [2.24, 2.45) is 0 Å². The highest BCUT2D eigenvalue weighted by Gasteiger charge is 2.33. The standard InChI is InChI=1S/C10H8F3N3O3S/c11-10(12,13)8-5-9(17)16(14-8)7-3-1-6(2-4-7)15-20(18)19/h1-5,14-15H,(H,18,19). The molecule has 108 valence electrons. The highest BCUT2D eigenvalue weighted by atomic mass is 32.2. The molecule has 1 aromatic heterocycles. The summed E-state index contributed by atoms with van der Waals surface area (Å²) in [5.74, 6) is 0. The van der Waals surface area contributed by atoms with Gasteiger partial charge in [-0.2, -0.15) is 13.2 Å². The molecule has 10 heteroatoms. The lowest BCUT2D eigenvalue weighted by atomic mass is 10.3. The quantitative estimate of drug-likeness (QED) is 0.755. The van der Waals surface area contributed by atoms with Gasteiger partial charge in [-0.15, -0.1) is 0 Å². The Kier molecular flexibility index (Phi) is 3.68. The summed E-state index contributed by atoms with van der Waals surface area (Å²) >= 11 is -2.25. The van der Waals surface area contributed by atoms with Crippen LogP contribution in [0.15, 0.2) is 35.1 Å². The van der Waals surface area contributed by atoms with Crippen molar-refractivity contribution in [3.05, 3.63) is 46.4 Å². The zero-order valence-electron chi connectivity index (χ0n) is 9.64. The molecule has 2 rings (SSSR count). The van der Waals surface area contributed by atoms with Gasteiger partial charge in [0.1, 0.15) is 5.69 Å². The van der Waals surface area contributed by atoms with Crippen molar-refractivity contribution in [3.63, 3.8) is 0 Å². The highest BCUT2D eigenvalue weighted by molar-refractivity contribution is 7.80. The van der Waals surface area contributed by atoms with Crippen molar-refractivity contribution < 1.29 is 21.9 Å². The second-order valence-corrected chi connectivity index (χ2v) is 4.44. The number of halogens is 3. The lowest BCUT2D eigenvalue weighted by Crippen LogP contribution is -2.13. The van der Waals surface area contributed by atoms with Crippen molar-refractivity contribution in [3.8, 4) is 5.69 Å². The van der Waals surface area contributed by atoms with E-state index in [1.54, 1.807) is 0 Å². The maximum atomic E-state index is 12.4. The molecule has 1 atom stereocenters. The number of aromatic nitrogens is 2. The normalized spacial score (nSPS) is 13.2. The molecule has 0 aliphatic rings. The predicted molar refractivity (Wildman–Crippen MR) is 65.8 cm³/mol. The van der Waals surface area contributed by atoms with Crippen LogP contribution in [0.25, 0.3) is 5.69 Å². The number of aromatic amines is 1. The molecule has 1 unspecified atom stereocenters. The van der Waals surface area contributed by atoms with Crippen molar-refractivity contribution in [2.45, 2.75) is 6.18 Å². The molecule has 0 spiro atoms. The van der Waals surface area contributed by atoms with Crippen molar-refractivity contribution in [1.29, 1.82) is 0 Å². The van der Waals surface area contributed by atoms with Gasteiger partial charge in [-0.3, -0.25) is 19.2 Å². The van der Waals surface area contributed by atoms with E-state index < -0.39 is 28.7 Å². The second kappa shape index (κ2) is 5.13. The Labute approximate surface area is 112 Å². The number of alkyl halides is 3. The molecule has 0 fully saturated rings. The van der Waals surface area contributed by atoms with Crippen molar-refractivity contribution in [1.82, 2.24) is 9.78 Å². The minimum absolute atomic E-state index is 0.166. The van der Waals surface area contributed by atoms with Crippen LogP contribution in [0.4, 0.5) is 18.9 Å². The molecule has 0 amide bonds. The van der Waals surface area contributed by atoms with Gasteiger partial charge in [0.15, 0.2) is 0 Å². The number of nitrogens with one attached hydrogen (secondary N) is 2. The number of hydrogen-bond donors (Lipinski definition) is 3. The fourth-order valence-corrected chi connectivity index (χ4v) is 1.85. The van der Waals surface area contributed by atoms with Crippen LogP contribution in [0.5, 0.6) is 0 Å². The van der Waals surface area contributed by atoms with Gasteiger partial charge < -0.3 is 0 Å². The lowest BCUT2D eigenvalue weighted by molar-refractivity contribution is -0.141. The average molecular weight is 307 g/mol. The Morgan fingerprint density at radius 1 is 1.25 bits per heavy atom. The van der Waals surface area contributed by atoms with Crippen LogP contribution in [0.3, 0.4) is 0 Å². The summed E-state index contributed by atoms with van der Waals surface area (Å²) in [4.78, 5) is 11.5. The molecule has 3 N–H and O–H groups in total. The Morgan fingerprint density at radius 3 is 2.30 bits per heavy atom. The van der Waals surface area contributed by atoms with Gasteiger partial charge >= 0.3 is 6.18 Å². The highest BCUT2D eigenvalue weighted by Crippen LogP contribution is 2.26. The largest absolute Gasteiger partial charge is 0.432 e. The third-order valence-corrected chi connectivity index (χ3v) is 2.77.